The van der Waals surface area contributed by atoms with E-state index in [1.807, 2.05) is 6.92 Å². The van der Waals surface area contributed by atoms with Crippen LogP contribution >= 0.6 is 0 Å². The molecule has 17 heavy (non-hydrogen) atoms. The Hall–Kier alpha value is -0.570. The van der Waals surface area contributed by atoms with Gasteiger partial charge in [0.05, 0.1) is 18.6 Å². The molecule has 1 N–H and O–H groups in total. The van der Waals surface area contributed by atoms with Gasteiger partial charge in [-0.25, -0.2) is 0 Å². The molecule has 0 unspecified atom stereocenters. The van der Waals surface area contributed by atoms with E-state index in [1.54, 1.807) is 0 Å². The molecule has 0 saturated carbocycles. The van der Waals surface area contributed by atoms with Gasteiger partial charge in [0.2, 0.25) is 5.91 Å². The van der Waals surface area contributed by atoms with Gasteiger partial charge in [0.15, 0.2) is 0 Å². The lowest BCUT2D eigenvalue weighted by molar-refractivity contribution is -0.158. The van der Waals surface area contributed by atoms with Crippen LogP contribution in [0, 0.1) is 16.2 Å². The Morgan fingerprint density at radius 1 is 1.24 bits per heavy atom. The first-order valence-corrected chi connectivity index (χ1v) is 6.40. The standard InChI is InChI=1S/C14H27NO2/c1-12(2,3)7-13(4,5)8-15-11(16)14(6)9-17-10-14/h7-10H2,1-6H3,(H,15,16). The molecule has 0 aromatic rings. The van der Waals surface area contributed by atoms with E-state index in [-0.39, 0.29) is 22.2 Å². The minimum absolute atomic E-state index is 0.130. The van der Waals surface area contributed by atoms with Crippen LogP contribution in [-0.4, -0.2) is 25.7 Å². The zero-order chi connectivity index (χ0) is 13.3. The fraction of sp³-hybridized carbons (Fsp3) is 0.929. The average Bonchev–Trinajstić information content (AvgIpc) is 2.06. The third-order valence-electron chi connectivity index (χ3n) is 3.13. The zero-order valence-electron chi connectivity index (χ0n) is 12.1. The van der Waals surface area contributed by atoms with Crippen molar-refractivity contribution < 1.29 is 9.53 Å². The number of carbonyl (C=O) groups is 1. The highest BCUT2D eigenvalue weighted by Gasteiger charge is 2.41. The molecule has 1 aliphatic heterocycles. The Labute approximate surface area is 105 Å². The second kappa shape index (κ2) is 4.60. The summed E-state index contributed by atoms with van der Waals surface area (Å²) in [7, 11) is 0. The van der Waals surface area contributed by atoms with E-state index in [2.05, 4.69) is 39.9 Å². The van der Waals surface area contributed by atoms with E-state index >= 15 is 0 Å². The van der Waals surface area contributed by atoms with Gasteiger partial charge in [-0.15, -0.1) is 0 Å². The molecule has 0 aromatic carbocycles. The van der Waals surface area contributed by atoms with Crippen molar-refractivity contribution >= 4 is 5.91 Å². The number of rotatable bonds is 4. The first-order chi connectivity index (χ1) is 7.54. The number of hydrogen-bond donors (Lipinski definition) is 1. The second-order valence-corrected chi connectivity index (χ2v) is 7.64. The van der Waals surface area contributed by atoms with Gasteiger partial charge in [0, 0.05) is 6.54 Å². The van der Waals surface area contributed by atoms with Crippen molar-refractivity contribution in [2.75, 3.05) is 19.8 Å². The van der Waals surface area contributed by atoms with Crippen LogP contribution in [0.1, 0.15) is 48.0 Å². The molecule has 1 aliphatic rings. The van der Waals surface area contributed by atoms with Gasteiger partial charge in [-0.2, -0.15) is 0 Å². The summed E-state index contributed by atoms with van der Waals surface area (Å²) in [4.78, 5) is 12.0. The molecule has 0 aliphatic carbocycles. The van der Waals surface area contributed by atoms with Crippen molar-refractivity contribution in [1.29, 1.82) is 0 Å². The van der Waals surface area contributed by atoms with Crippen LogP contribution in [0.2, 0.25) is 0 Å². The van der Waals surface area contributed by atoms with E-state index in [1.165, 1.54) is 0 Å². The maximum atomic E-state index is 12.0. The lowest BCUT2D eigenvalue weighted by Crippen LogP contribution is -2.53. The Bertz CT molecular complexity index is 285. The highest BCUT2D eigenvalue weighted by molar-refractivity contribution is 5.83. The van der Waals surface area contributed by atoms with Crippen LogP contribution in [0.15, 0.2) is 0 Å². The van der Waals surface area contributed by atoms with Crippen LogP contribution in [0.5, 0.6) is 0 Å². The van der Waals surface area contributed by atoms with Crippen LogP contribution in [0.25, 0.3) is 0 Å². The van der Waals surface area contributed by atoms with Crippen molar-refractivity contribution in [1.82, 2.24) is 5.32 Å². The molecule has 0 aromatic heterocycles. The third kappa shape index (κ3) is 4.30. The summed E-state index contributed by atoms with van der Waals surface area (Å²) in [6, 6.07) is 0. The SMILES string of the molecule is CC(C)(C)CC(C)(C)CNC(=O)C1(C)COC1. The van der Waals surface area contributed by atoms with E-state index in [0.717, 1.165) is 13.0 Å². The largest absolute Gasteiger partial charge is 0.379 e. The quantitative estimate of drug-likeness (QED) is 0.821. The monoisotopic (exact) mass is 241 g/mol. The number of hydrogen-bond acceptors (Lipinski definition) is 2. The van der Waals surface area contributed by atoms with Gasteiger partial charge in [-0.1, -0.05) is 34.6 Å². The number of nitrogens with one attached hydrogen (secondary N) is 1. The predicted octanol–water partition coefficient (Wildman–Crippen LogP) is 2.60. The summed E-state index contributed by atoms with van der Waals surface area (Å²) in [5, 5.41) is 3.07. The Balaban J connectivity index is 2.41. The van der Waals surface area contributed by atoms with Crippen LogP contribution in [0.4, 0.5) is 0 Å². The molecule has 1 heterocycles. The normalized spacial score (nSPS) is 19.6. The van der Waals surface area contributed by atoms with Gasteiger partial charge in [-0.05, 0) is 24.2 Å². The van der Waals surface area contributed by atoms with Crippen molar-refractivity contribution in [2.45, 2.75) is 48.0 Å². The summed E-state index contributed by atoms with van der Waals surface area (Å²) >= 11 is 0. The first-order valence-electron chi connectivity index (χ1n) is 6.40. The average molecular weight is 241 g/mol. The molecular formula is C14H27NO2. The molecule has 3 nitrogen and oxygen atoms in total. The van der Waals surface area contributed by atoms with E-state index in [9.17, 15) is 4.79 Å². The van der Waals surface area contributed by atoms with Crippen molar-refractivity contribution in [3.05, 3.63) is 0 Å². The zero-order valence-corrected chi connectivity index (χ0v) is 12.1. The summed E-state index contributed by atoms with van der Waals surface area (Å²) in [6.07, 6.45) is 1.09. The molecule has 0 bridgehead atoms. The highest BCUT2D eigenvalue weighted by atomic mass is 16.5. The van der Waals surface area contributed by atoms with Gasteiger partial charge < -0.3 is 10.1 Å². The molecule has 1 amide bonds. The molecule has 0 spiro atoms. The molecule has 3 heteroatoms. The van der Waals surface area contributed by atoms with E-state index in [0.29, 0.717) is 13.2 Å². The molecular weight excluding hydrogens is 214 g/mol. The molecule has 1 fully saturated rings. The molecule has 1 rings (SSSR count). The smallest absolute Gasteiger partial charge is 0.230 e. The van der Waals surface area contributed by atoms with E-state index < -0.39 is 0 Å². The lowest BCUT2D eigenvalue weighted by Gasteiger charge is -2.38. The predicted molar refractivity (Wildman–Crippen MR) is 69.8 cm³/mol. The van der Waals surface area contributed by atoms with Gasteiger partial charge in [-0.3, -0.25) is 4.79 Å². The van der Waals surface area contributed by atoms with Gasteiger partial charge >= 0.3 is 0 Å². The number of amides is 1. The number of ether oxygens (including phenoxy) is 1. The number of carbonyl (C=O) groups excluding carboxylic acids is 1. The van der Waals surface area contributed by atoms with Gasteiger partial charge in [0.25, 0.3) is 0 Å². The van der Waals surface area contributed by atoms with Crippen LogP contribution in [0.3, 0.4) is 0 Å². The third-order valence-corrected chi connectivity index (χ3v) is 3.13. The Kier molecular flexibility index (Phi) is 3.92. The lowest BCUT2D eigenvalue weighted by atomic mass is 9.76. The highest BCUT2D eigenvalue weighted by Crippen LogP contribution is 2.33. The molecule has 100 valence electrons. The Morgan fingerprint density at radius 3 is 2.12 bits per heavy atom. The fourth-order valence-corrected chi connectivity index (χ4v) is 2.57. The first kappa shape index (κ1) is 14.5. The van der Waals surface area contributed by atoms with Crippen molar-refractivity contribution in [3.63, 3.8) is 0 Å². The molecule has 0 atom stereocenters. The van der Waals surface area contributed by atoms with Crippen LogP contribution < -0.4 is 5.32 Å². The minimum Gasteiger partial charge on any atom is -0.379 e. The minimum atomic E-state index is -0.294. The van der Waals surface area contributed by atoms with Crippen molar-refractivity contribution in [3.8, 4) is 0 Å². The summed E-state index contributed by atoms with van der Waals surface area (Å²) in [5.74, 6) is 0.130. The maximum Gasteiger partial charge on any atom is 0.230 e. The fourth-order valence-electron chi connectivity index (χ4n) is 2.57. The van der Waals surface area contributed by atoms with Gasteiger partial charge in [0.1, 0.15) is 0 Å². The maximum absolute atomic E-state index is 12.0. The second-order valence-electron chi connectivity index (χ2n) is 7.64. The Morgan fingerprint density at radius 2 is 1.76 bits per heavy atom. The topological polar surface area (TPSA) is 38.3 Å². The summed E-state index contributed by atoms with van der Waals surface area (Å²) < 4.78 is 5.11. The van der Waals surface area contributed by atoms with E-state index in [4.69, 9.17) is 4.74 Å². The molecule has 0 radical (unpaired) electrons. The van der Waals surface area contributed by atoms with Crippen molar-refractivity contribution in [2.24, 2.45) is 16.2 Å². The van der Waals surface area contributed by atoms with Crippen LogP contribution in [-0.2, 0) is 9.53 Å². The summed E-state index contributed by atoms with van der Waals surface area (Å²) in [5.41, 5.74) is 0.129. The molecule has 1 saturated heterocycles. The summed E-state index contributed by atoms with van der Waals surface area (Å²) in [6.45, 7) is 14.9.